The Balaban J connectivity index is 2.17. The summed E-state index contributed by atoms with van der Waals surface area (Å²) in [7, 11) is -2.75. The van der Waals surface area contributed by atoms with Crippen LogP contribution in [0.1, 0.15) is 93.4 Å². The highest BCUT2D eigenvalue weighted by atomic mass is 28.4. The molecule has 4 atom stereocenters. The number of likely N-dealkylation sites (tertiary alicyclic amines) is 1. The van der Waals surface area contributed by atoms with Gasteiger partial charge in [-0.25, -0.2) is 14.6 Å². The van der Waals surface area contributed by atoms with Gasteiger partial charge in [-0.1, -0.05) is 27.2 Å². The molecule has 10 nitrogen and oxygen atoms in total. The fraction of sp³-hybridized carbons (Fsp3) is 0.933. The van der Waals surface area contributed by atoms with Crippen LogP contribution in [0.2, 0.25) is 6.04 Å². The molecule has 2 rings (SSSR count). The van der Waals surface area contributed by atoms with Gasteiger partial charge in [-0.15, -0.1) is 0 Å². The zero-order chi connectivity index (χ0) is 30.5. The molecule has 0 aromatic carbocycles. The summed E-state index contributed by atoms with van der Waals surface area (Å²) in [4.78, 5) is 32.0. The average Bonchev–Trinajstić information content (AvgIpc) is 2.87. The molecule has 1 N–H and O–H groups in total. The molecule has 0 bridgehead atoms. The van der Waals surface area contributed by atoms with Gasteiger partial charge in [-0.3, -0.25) is 4.90 Å². The standard InChI is InChI=1S/C30H57N3O7Si/c1-8-38-41(39-9-2,40-10-3)17-13-16-37-21-27(20-32-15-12-11-14-25(32)4)33(28(35)36)23-30(7)19-26(31-24-34)18-29(5,6)22-30/h25-27H,8-23H2,1-7H3,(H,35,36). The Hall–Kier alpha value is -1.33. The van der Waals surface area contributed by atoms with Crippen LogP contribution in [-0.4, -0.2) is 107 Å². The zero-order valence-electron chi connectivity index (χ0n) is 26.8. The number of rotatable bonds is 18. The van der Waals surface area contributed by atoms with Crippen molar-refractivity contribution in [2.45, 2.75) is 118 Å². The van der Waals surface area contributed by atoms with Crippen molar-refractivity contribution in [3.05, 3.63) is 0 Å². The van der Waals surface area contributed by atoms with Gasteiger partial charge >= 0.3 is 14.9 Å². The molecule has 11 heteroatoms. The van der Waals surface area contributed by atoms with Gasteiger partial charge in [-0.05, 0) is 83.6 Å². The molecule has 1 aliphatic heterocycles. The van der Waals surface area contributed by atoms with Gasteiger partial charge in [0.05, 0.1) is 18.7 Å². The molecule has 1 amide bonds. The molecule has 4 unspecified atom stereocenters. The predicted octanol–water partition coefficient (Wildman–Crippen LogP) is 5.59. The summed E-state index contributed by atoms with van der Waals surface area (Å²) in [6.45, 7) is 18.9. The van der Waals surface area contributed by atoms with Crippen molar-refractivity contribution in [3.63, 3.8) is 0 Å². The highest BCUT2D eigenvalue weighted by Gasteiger charge is 2.44. The molecule has 1 heterocycles. The van der Waals surface area contributed by atoms with Crippen molar-refractivity contribution in [2.24, 2.45) is 15.8 Å². The van der Waals surface area contributed by atoms with Crippen LogP contribution in [0.25, 0.3) is 0 Å². The van der Waals surface area contributed by atoms with Crippen LogP contribution in [0.3, 0.4) is 0 Å². The van der Waals surface area contributed by atoms with E-state index in [4.69, 9.17) is 18.0 Å². The first kappa shape index (κ1) is 35.9. The molecule has 41 heavy (non-hydrogen) atoms. The fourth-order valence-electron chi connectivity index (χ4n) is 7.18. The molecule has 2 fully saturated rings. The van der Waals surface area contributed by atoms with E-state index in [0.29, 0.717) is 71.1 Å². The number of piperidine rings is 1. The number of carboxylic acid groups (broad SMARTS) is 1. The van der Waals surface area contributed by atoms with Crippen molar-refractivity contribution in [1.29, 1.82) is 0 Å². The Kier molecular flexibility index (Phi) is 14.9. The predicted molar refractivity (Wildman–Crippen MR) is 162 cm³/mol. The number of amides is 1. The van der Waals surface area contributed by atoms with Gasteiger partial charge in [0.25, 0.3) is 0 Å². The van der Waals surface area contributed by atoms with Crippen LogP contribution in [0, 0.1) is 10.8 Å². The van der Waals surface area contributed by atoms with E-state index in [9.17, 15) is 14.7 Å². The molecule has 0 spiro atoms. The van der Waals surface area contributed by atoms with Gasteiger partial charge in [0.2, 0.25) is 6.08 Å². The Morgan fingerprint density at radius 2 is 1.78 bits per heavy atom. The second-order valence-corrected chi connectivity index (χ2v) is 15.7. The Morgan fingerprint density at radius 1 is 1.12 bits per heavy atom. The van der Waals surface area contributed by atoms with Crippen molar-refractivity contribution >= 4 is 21.0 Å². The van der Waals surface area contributed by atoms with Crippen LogP contribution in [-0.2, 0) is 22.8 Å². The maximum absolute atomic E-state index is 12.8. The lowest BCUT2D eigenvalue weighted by atomic mass is 9.62. The molecule has 1 saturated carbocycles. The first-order chi connectivity index (χ1) is 19.4. The van der Waals surface area contributed by atoms with E-state index in [1.165, 1.54) is 6.42 Å². The maximum Gasteiger partial charge on any atom is 0.501 e. The second-order valence-electron chi connectivity index (χ2n) is 13.0. The van der Waals surface area contributed by atoms with Crippen molar-refractivity contribution < 1.29 is 32.7 Å². The van der Waals surface area contributed by atoms with Crippen LogP contribution in [0.4, 0.5) is 4.79 Å². The van der Waals surface area contributed by atoms with Crippen molar-refractivity contribution in [1.82, 2.24) is 9.80 Å². The molecular formula is C30H57N3O7Si. The largest absolute Gasteiger partial charge is 0.501 e. The van der Waals surface area contributed by atoms with Gasteiger partial charge in [-0.2, -0.15) is 0 Å². The smallest absolute Gasteiger partial charge is 0.465 e. The van der Waals surface area contributed by atoms with E-state index in [-0.39, 0.29) is 22.9 Å². The summed E-state index contributed by atoms with van der Waals surface area (Å²) in [5.41, 5.74) is -0.359. The molecule has 2 aliphatic rings. The van der Waals surface area contributed by atoms with E-state index < -0.39 is 14.9 Å². The van der Waals surface area contributed by atoms with Crippen LogP contribution < -0.4 is 0 Å². The second kappa shape index (κ2) is 17.1. The monoisotopic (exact) mass is 599 g/mol. The number of carbonyl (C=O) groups is 1. The van der Waals surface area contributed by atoms with Crippen LogP contribution in [0.5, 0.6) is 0 Å². The highest BCUT2D eigenvalue weighted by molar-refractivity contribution is 6.60. The summed E-state index contributed by atoms with van der Waals surface area (Å²) in [6, 6.07) is 0.618. The lowest BCUT2D eigenvalue weighted by Gasteiger charge is -2.48. The summed E-state index contributed by atoms with van der Waals surface area (Å²) in [5, 5.41) is 10.5. The normalized spacial score (nSPS) is 25.8. The third-order valence-corrected chi connectivity index (χ3v) is 11.6. The maximum atomic E-state index is 12.8. The Bertz CT molecular complexity index is 824. The topological polar surface area (TPSA) is 110 Å². The summed E-state index contributed by atoms with van der Waals surface area (Å²) >= 11 is 0. The molecule has 238 valence electrons. The number of aliphatic imine (C=N–C) groups is 1. The van der Waals surface area contributed by atoms with E-state index in [0.717, 1.165) is 32.2 Å². The number of carbonyl (C=O) groups excluding carboxylic acids is 1. The van der Waals surface area contributed by atoms with Gasteiger partial charge in [0.1, 0.15) is 0 Å². The number of isocyanates is 1. The van der Waals surface area contributed by atoms with E-state index in [1.807, 2.05) is 20.8 Å². The van der Waals surface area contributed by atoms with Crippen molar-refractivity contribution in [2.75, 3.05) is 52.7 Å². The molecule has 1 aliphatic carbocycles. The van der Waals surface area contributed by atoms with Gasteiger partial charge in [0, 0.05) is 51.6 Å². The Labute approximate surface area is 249 Å². The summed E-state index contributed by atoms with van der Waals surface area (Å²) in [6.07, 6.45) is 7.31. The van der Waals surface area contributed by atoms with Crippen LogP contribution in [0.15, 0.2) is 4.99 Å². The number of nitrogens with zero attached hydrogens (tertiary/aromatic N) is 3. The molecule has 0 aromatic heterocycles. The van der Waals surface area contributed by atoms with E-state index in [2.05, 4.69) is 37.6 Å². The minimum absolute atomic E-state index is 0.0480. The molecular weight excluding hydrogens is 542 g/mol. The number of hydrogen-bond donors (Lipinski definition) is 1. The summed E-state index contributed by atoms with van der Waals surface area (Å²) in [5.74, 6) is 0. The Morgan fingerprint density at radius 3 is 2.34 bits per heavy atom. The van der Waals surface area contributed by atoms with Gasteiger partial charge < -0.3 is 28.0 Å². The third-order valence-electron chi connectivity index (χ3n) is 8.46. The highest BCUT2D eigenvalue weighted by Crippen LogP contribution is 2.47. The van der Waals surface area contributed by atoms with E-state index in [1.54, 1.807) is 11.0 Å². The minimum atomic E-state index is -2.75. The average molecular weight is 600 g/mol. The minimum Gasteiger partial charge on any atom is -0.465 e. The van der Waals surface area contributed by atoms with Crippen molar-refractivity contribution in [3.8, 4) is 0 Å². The molecule has 0 aromatic rings. The third kappa shape index (κ3) is 11.7. The fourth-order valence-corrected chi connectivity index (χ4v) is 9.76. The van der Waals surface area contributed by atoms with E-state index >= 15 is 0 Å². The first-order valence-electron chi connectivity index (χ1n) is 15.7. The number of hydrogen-bond acceptors (Lipinski definition) is 8. The zero-order valence-corrected chi connectivity index (χ0v) is 27.8. The van der Waals surface area contributed by atoms with Crippen LogP contribution >= 0.6 is 0 Å². The summed E-state index contributed by atoms with van der Waals surface area (Å²) < 4.78 is 24.1. The quantitative estimate of drug-likeness (QED) is 0.0940. The molecule has 0 radical (unpaired) electrons. The SMILES string of the molecule is CCO[Si](CCCOCC(CN1CCCCC1C)N(CC1(C)CC(N=C=O)CC(C)(C)C1)C(=O)O)(OCC)OCC. The molecule has 1 saturated heterocycles. The first-order valence-corrected chi connectivity index (χ1v) is 17.7. The van der Waals surface area contributed by atoms with Gasteiger partial charge in [0.15, 0.2) is 0 Å². The lowest BCUT2D eigenvalue weighted by molar-refractivity contribution is -0.00579. The lowest BCUT2D eigenvalue weighted by Crippen LogP contribution is -2.55. The number of ether oxygens (including phenoxy) is 1.